The number of aliphatic hydroxyl groups excluding tert-OH is 3. The zero-order valence-corrected chi connectivity index (χ0v) is 14.6. The molecule has 6 nitrogen and oxygen atoms in total. The van der Waals surface area contributed by atoms with Gasteiger partial charge in [-0.25, -0.2) is 0 Å². The lowest BCUT2D eigenvalue weighted by atomic mass is 10.1. The molecule has 138 valence electrons. The smallest absolute Gasteiger partial charge is 0.313 e. The maximum atomic E-state index is 11.0. The minimum Gasteiger partial charge on any atom is -0.394 e. The summed E-state index contributed by atoms with van der Waals surface area (Å²) in [6.45, 7) is 2.75. The highest BCUT2D eigenvalue weighted by molar-refractivity contribution is 5.83. The van der Waals surface area contributed by atoms with Crippen LogP contribution in [0.25, 0.3) is 0 Å². The van der Waals surface area contributed by atoms with Crippen LogP contribution < -0.4 is 0 Å². The van der Waals surface area contributed by atoms with Crippen LogP contribution in [-0.2, 0) is 14.3 Å². The number of esters is 2. The summed E-state index contributed by atoms with van der Waals surface area (Å²) >= 11 is 0. The van der Waals surface area contributed by atoms with Gasteiger partial charge in [-0.3, -0.25) is 9.59 Å². The van der Waals surface area contributed by atoms with Gasteiger partial charge in [0.2, 0.25) is 0 Å². The molecule has 0 aliphatic heterocycles. The molecule has 0 saturated carbocycles. The molecule has 0 amide bonds. The molecule has 0 unspecified atom stereocenters. The predicted molar refractivity (Wildman–Crippen MR) is 88.8 cm³/mol. The minimum atomic E-state index is -0.954. The van der Waals surface area contributed by atoms with Crippen molar-refractivity contribution in [1.29, 1.82) is 0 Å². The fraction of sp³-hybridized carbons (Fsp3) is 0.882. The highest BCUT2D eigenvalue weighted by Crippen LogP contribution is 2.10. The molecule has 0 bridgehead atoms. The molecule has 3 N–H and O–H groups in total. The Morgan fingerprint density at radius 2 is 1.30 bits per heavy atom. The van der Waals surface area contributed by atoms with E-state index in [1.54, 1.807) is 0 Å². The molecule has 0 aliphatic rings. The highest BCUT2D eigenvalue weighted by atomic mass is 16.6. The molecule has 0 rings (SSSR count). The van der Waals surface area contributed by atoms with Crippen LogP contribution in [0.3, 0.4) is 0 Å². The first-order valence-electron chi connectivity index (χ1n) is 8.58. The minimum absolute atomic E-state index is 0.365. The Balaban J connectivity index is 0. The van der Waals surface area contributed by atoms with Crippen molar-refractivity contribution in [3.05, 3.63) is 0 Å². The summed E-state index contributed by atoms with van der Waals surface area (Å²) in [6, 6.07) is 0. The normalized spacial score (nSPS) is 10.2. The van der Waals surface area contributed by atoms with E-state index in [1.807, 2.05) is 0 Å². The lowest BCUT2D eigenvalue weighted by molar-refractivity contribution is -0.158. The second-order valence-corrected chi connectivity index (χ2v) is 5.56. The molecule has 0 fully saturated rings. The Morgan fingerprint density at radius 3 is 1.65 bits per heavy atom. The van der Waals surface area contributed by atoms with E-state index in [1.165, 1.54) is 51.9 Å². The van der Waals surface area contributed by atoms with Crippen LogP contribution in [0.5, 0.6) is 0 Å². The van der Waals surface area contributed by atoms with Gasteiger partial charge in [-0.2, -0.15) is 0 Å². The molecule has 0 aliphatic carbocycles. The topological polar surface area (TPSA) is 104 Å². The predicted octanol–water partition coefficient (Wildman–Crippen LogP) is 2.33. The third kappa shape index (κ3) is 23.4. The van der Waals surface area contributed by atoms with Crippen molar-refractivity contribution in [2.24, 2.45) is 0 Å². The SMILES string of the molecule is CCCCCCCCCCCC(=O)OC(C)=O.OCC(O)CO. The number of hydrogen-bond donors (Lipinski definition) is 3. The van der Waals surface area contributed by atoms with E-state index in [4.69, 9.17) is 15.3 Å². The molecule has 0 atom stereocenters. The quantitative estimate of drug-likeness (QED) is 0.287. The molecule has 0 heterocycles. The largest absolute Gasteiger partial charge is 0.394 e. The average molecular weight is 334 g/mol. The van der Waals surface area contributed by atoms with Gasteiger partial charge in [0.25, 0.3) is 0 Å². The van der Waals surface area contributed by atoms with Gasteiger partial charge in [0.05, 0.1) is 13.2 Å². The zero-order chi connectivity index (χ0) is 17.9. The fourth-order valence-corrected chi connectivity index (χ4v) is 1.85. The van der Waals surface area contributed by atoms with Gasteiger partial charge in [-0.05, 0) is 6.42 Å². The standard InChI is InChI=1S/C14H26O3.C3H8O3/c1-3-4-5-6-7-8-9-10-11-12-14(16)17-13(2)15;4-1-3(6)2-5/h3-12H2,1-2H3;3-6H,1-2H2. The Labute approximate surface area is 139 Å². The van der Waals surface area contributed by atoms with E-state index in [-0.39, 0.29) is 19.2 Å². The summed E-state index contributed by atoms with van der Waals surface area (Å²) < 4.78 is 4.44. The Bertz CT molecular complexity index is 276. The lowest BCUT2D eigenvalue weighted by Crippen LogP contribution is -2.15. The van der Waals surface area contributed by atoms with Crippen LogP contribution in [0.15, 0.2) is 0 Å². The molecule has 0 aromatic carbocycles. The first-order chi connectivity index (χ1) is 11.0. The summed E-state index contributed by atoms with van der Waals surface area (Å²) in [6.07, 6.45) is 10.4. The van der Waals surface area contributed by atoms with Gasteiger partial charge in [-0.1, -0.05) is 58.3 Å². The number of hydrogen-bond acceptors (Lipinski definition) is 6. The Morgan fingerprint density at radius 1 is 0.870 bits per heavy atom. The summed E-state index contributed by atoms with van der Waals surface area (Å²) in [5.74, 6) is -0.897. The summed E-state index contributed by atoms with van der Waals surface area (Å²) in [5.41, 5.74) is 0. The van der Waals surface area contributed by atoms with Crippen LogP contribution in [0, 0.1) is 0 Å². The number of aliphatic hydroxyl groups is 3. The Hall–Kier alpha value is -0.980. The molecule has 0 radical (unpaired) electrons. The van der Waals surface area contributed by atoms with Crippen LogP contribution in [0.1, 0.15) is 78.1 Å². The second-order valence-electron chi connectivity index (χ2n) is 5.56. The summed E-state index contributed by atoms with van der Waals surface area (Å²) in [7, 11) is 0. The molecular formula is C17H34O6. The first kappa shape index (κ1) is 24.3. The van der Waals surface area contributed by atoms with Gasteiger partial charge in [0.15, 0.2) is 0 Å². The molecule has 0 saturated heterocycles. The van der Waals surface area contributed by atoms with E-state index in [0.29, 0.717) is 6.42 Å². The van der Waals surface area contributed by atoms with Crippen LogP contribution in [0.2, 0.25) is 0 Å². The van der Waals surface area contributed by atoms with Crippen molar-refractivity contribution in [3.8, 4) is 0 Å². The third-order valence-electron chi connectivity index (χ3n) is 3.16. The highest BCUT2D eigenvalue weighted by Gasteiger charge is 2.04. The third-order valence-corrected chi connectivity index (χ3v) is 3.16. The fourth-order valence-electron chi connectivity index (χ4n) is 1.85. The van der Waals surface area contributed by atoms with Crippen LogP contribution >= 0.6 is 0 Å². The molecular weight excluding hydrogens is 300 g/mol. The number of rotatable bonds is 12. The van der Waals surface area contributed by atoms with Crippen molar-refractivity contribution < 1.29 is 29.6 Å². The lowest BCUT2D eigenvalue weighted by Gasteiger charge is -2.02. The maximum Gasteiger partial charge on any atom is 0.313 e. The van der Waals surface area contributed by atoms with Gasteiger partial charge in [0, 0.05) is 13.3 Å². The van der Waals surface area contributed by atoms with E-state index < -0.39 is 12.1 Å². The van der Waals surface area contributed by atoms with Crippen molar-refractivity contribution in [1.82, 2.24) is 0 Å². The van der Waals surface area contributed by atoms with Gasteiger partial charge < -0.3 is 20.1 Å². The van der Waals surface area contributed by atoms with E-state index in [9.17, 15) is 9.59 Å². The molecule has 6 heteroatoms. The molecule has 0 aromatic heterocycles. The molecule has 23 heavy (non-hydrogen) atoms. The monoisotopic (exact) mass is 334 g/mol. The maximum absolute atomic E-state index is 11.0. The van der Waals surface area contributed by atoms with Crippen molar-refractivity contribution in [2.75, 3.05) is 13.2 Å². The summed E-state index contributed by atoms with van der Waals surface area (Å²) in [5, 5.41) is 24.0. The number of ether oxygens (including phenoxy) is 1. The average Bonchev–Trinajstić information content (AvgIpc) is 2.52. The van der Waals surface area contributed by atoms with Crippen molar-refractivity contribution in [3.63, 3.8) is 0 Å². The van der Waals surface area contributed by atoms with Gasteiger partial charge in [0.1, 0.15) is 6.10 Å². The van der Waals surface area contributed by atoms with Crippen molar-refractivity contribution >= 4 is 11.9 Å². The summed E-state index contributed by atoms with van der Waals surface area (Å²) in [4.78, 5) is 21.5. The number of carbonyl (C=O) groups is 2. The Kier molecular flexibility index (Phi) is 20.1. The molecule has 0 aromatic rings. The number of unbranched alkanes of at least 4 members (excludes halogenated alkanes) is 8. The van der Waals surface area contributed by atoms with Gasteiger partial charge in [-0.15, -0.1) is 0 Å². The van der Waals surface area contributed by atoms with Gasteiger partial charge >= 0.3 is 11.9 Å². The molecule has 0 spiro atoms. The zero-order valence-electron chi connectivity index (χ0n) is 14.6. The van der Waals surface area contributed by atoms with E-state index in [2.05, 4.69) is 11.7 Å². The van der Waals surface area contributed by atoms with E-state index in [0.717, 1.165) is 12.8 Å². The second kappa shape index (κ2) is 19.1. The number of carbonyl (C=O) groups excluding carboxylic acids is 2. The first-order valence-corrected chi connectivity index (χ1v) is 8.58. The van der Waals surface area contributed by atoms with Crippen molar-refractivity contribution in [2.45, 2.75) is 84.2 Å². The van der Waals surface area contributed by atoms with E-state index >= 15 is 0 Å². The van der Waals surface area contributed by atoms with Crippen LogP contribution in [-0.4, -0.2) is 46.6 Å². The van der Waals surface area contributed by atoms with Crippen LogP contribution in [0.4, 0.5) is 0 Å².